The molecule has 0 atom stereocenters. The zero-order chi connectivity index (χ0) is 14.1. The quantitative estimate of drug-likeness (QED) is 0.853. The minimum absolute atomic E-state index is 0.318. The summed E-state index contributed by atoms with van der Waals surface area (Å²) in [7, 11) is 0. The zero-order valence-electron chi connectivity index (χ0n) is 11.9. The van der Waals surface area contributed by atoms with Gasteiger partial charge in [0.25, 0.3) is 6.47 Å². The molecule has 1 saturated heterocycles. The van der Waals surface area contributed by atoms with E-state index in [0.29, 0.717) is 6.47 Å². The lowest BCUT2D eigenvalue weighted by Gasteiger charge is -2.26. The van der Waals surface area contributed by atoms with Crippen molar-refractivity contribution < 1.29 is 9.53 Å². The van der Waals surface area contributed by atoms with Gasteiger partial charge in [0.05, 0.1) is 5.51 Å². The van der Waals surface area contributed by atoms with Crippen molar-refractivity contribution in [1.29, 1.82) is 0 Å². The van der Waals surface area contributed by atoms with Crippen LogP contribution in [-0.2, 0) is 16.1 Å². The van der Waals surface area contributed by atoms with E-state index < -0.39 is 0 Å². The van der Waals surface area contributed by atoms with Gasteiger partial charge >= 0.3 is 0 Å². The summed E-state index contributed by atoms with van der Waals surface area (Å²) in [6.45, 7) is 11.6. The van der Waals surface area contributed by atoms with E-state index in [2.05, 4.69) is 19.9 Å². The van der Waals surface area contributed by atoms with Gasteiger partial charge in [-0.1, -0.05) is 0 Å². The van der Waals surface area contributed by atoms with E-state index in [4.69, 9.17) is 0 Å². The van der Waals surface area contributed by atoms with Crippen molar-refractivity contribution in [3.05, 3.63) is 16.6 Å². The average Bonchev–Trinajstić information content (AvgIpc) is 2.82. The van der Waals surface area contributed by atoms with Crippen molar-refractivity contribution in [1.82, 2.24) is 15.2 Å². The lowest BCUT2D eigenvalue weighted by atomic mass is 10.2. The van der Waals surface area contributed by atoms with Gasteiger partial charge in [-0.15, -0.1) is 11.3 Å². The standard InChI is InChI=1S/C8H13N3S.C5H10O2/c1-3-11(4-2-9-1)6-8-5-10-7-12-8;1-5(2,3)7-4-6/h5,7,9H,1-4,6H2;4H,1-3H3. The van der Waals surface area contributed by atoms with Crippen LogP contribution in [0.25, 0.3) is 0 Å². The monoisotopic (exact) mass is 285 g/mol. The van der Waals surface area contributed by atoms with E-state index in [0.717, 1.165) is 32.7 Å². The van der Waals surface area contributed by atoms with E-state index >= 15 is 0 Å². The number of nitrogens with zero attached hydrogens (tertiary/aromatic N) is 2. The van der Waals surface area contributed by atoms with Gasteiger partial charge in [0.15, 0.2) is 0 Å². The number of nitrogens with one attached hydrogen (secondary N) is 1. The molecule has 0 unspecified atom stereocenters. The molecule has 1 fully saturated rings. The summed E-state index contributed by atoms with van der Waals surface area (Å²) in [6, 6.07) is 0. The van der Waals surface area contributed by atoms with Crippen LogP contribution in [0.15, 0.2) is 11.7 Å². The van der Waals surface area contributed by atoms with Crippen molar-refractivity contribution in [2.24, 2.45) is 0 Å². The SMILES string of the molecule is CC(C)(C)OC=O.c1ncc(CN2CCNCC2)s1. The maximum Gasteiger partial charge on any atom is 0.293 e. The molecule has 0 saturated carbocycles. The van der Waals surface area contributed by atoms with Crippen LogP contribution in [0.5, 0.6) is 0 Å². The minimum Gasteiger partial charge on any atom is -0.462 e. The molecular weight excluding hydrogens is 262 g/mol. The number of hydrogen-bond donors (Lipinski definition) is 1. The Kier molecular flexibility index (Phi) is 6.97. The molecule has 5 nitrogen and oxygen atoms in total. The van der Waals surface area contributed by atoms with Crippen LogP contribution in [-0.4, -0.2) is 48.1 Å². The summed E-state index contributed by atoms with van der Waals surface area (Å²) in [5, 5.41) is 3.34. The molecule has 0 amide bonds. The Morgan fingerprint density at radius 1 is 1.47 bits per heavy atom. The molecule has 1 aromatic heterocycles. The van der Waals surface area contributed by atoms with Crippen molar-refractivity contribution in [2.45, 2.75) is 32.9 Å². The number of carbonyl (C=O) groups excluding carboxylic acids is 1. The molecule has 19 heavy (non-hydrogen) atoms. The summed E-state index contributed by atoms with van der Waals surface area (Å²) in [6.07, 6.45) is 1.96. The average molecular weight is 285 g/mol. The highest BCUT2D eigenvalue weighted by Crippen LogP contribution is 2.09. The molecule has 1 aromatic rings. The fourth-order valence-corrected chi connectivity index (χ4v) is 2.19. The molecule has 6 heteroatoms. The van der Waals surface area contributed by atoms with Crippen LogP contribution in [0.3, 0.4) is 0 Å². The van der Waals surface area contributed by atoms with Crippen LogP contribution in [0.1, 0.15) is 25.6 Å². The van der Waals surface area contributed by atoms with E-state index in [-0.39, 0.29) is 5.60 Å². The van der Waals surface area contributed by atoms with E-state index in [1.54, 1.807) is 11.3 Å². The van der Waals surface area contributed by atoms with E-state index in [1.165, 1.54) is 4.88 Å². The van der Waals surface area contributed by atoms with E-state index in [9.17, 15) is 4.79 Å². The highest BCUT2D eigenvalue weighted by atomic mass is 32.1. The fraction of sp³-hybridized carbons (Fsp3) is 0.692. The number of aromatic nitrogens is 1. The van der Waals surface area contributed by atoms with Crippen LogP contribution < -0.4 is 5.32 Å². The highest BCUT2D eigenvalue weighted by molar-refractivity contribution is 7.09. The maximum absolute atomic E-state index is 9.60. The van der Waals surface area contributed by atoms with Gasteiger partial charge in [-0.2, -0.15) is 0 Å². The van der Waals surface area contributed by atoms with Gasteiger partial charge in [-0.3, -0.25) is 14.7 Å². The molecule has 0 bridgehead atoms. The molecule has 2 heterocycles. The Labute approximate surface area is 119 Å². The first-order valence-electron chi connectivity index (χ1n) is 6.43. The molecule has 1 aliphatic heterocycles. The lowest BCUT2D eigenvalue weighted by Crippen LogP contribution is -2.42. The van der Waals surface area contributed by atoms with Crippen molar-refractivity contribution in [2.75, 3.05) is 26.2 Å². The largest absolute Gasteiger partial charge is 0.462 e. The smallest absolute Gasteiger partial charge is 0.293 e. The number of carbonyl (C=O) groups is 1. The lowest BCUT2D eigenvalue weighted by molar-refractivity contribution is -0.138. The second kappa shape index (κ2) is 8.24. The van der Waals surface area contributed by atoms with Gasteiger partial charge in [-0.05, 0) is 20.8 Å². The number of ether oxygens (including phenoxy) is 1. The van der Waals surface area contributed by atoms with Gasteiger partial charge in [0, 0.05) is 43.8 Å². The second-order valence-corrected chi connectivity index (χ2v) is 6.29. The molecule has 108 valence electrons. The Morgan fingerprint density at radius 2 is 2.16 bits per heavy atom. The number of thiazole rings is 1. The molecule has 2 rings (SSSR count). The summed E-state index contributed by atoms with van der Waals surface area (Å²) >= 11 is 1.74. The molecule has 0 radical (unpaired) electrons. The summed E-state index contributed by atoms with van der Waals surface area (Å²) < 4.78 is 4.55. The van der Waals surface area contributed by atoms with Crippen LogP contribution in [0.2, 0.25) is 0 Å². The first-order chi connectivity index (χ1) is 9.01. The van der Waals surface area contributed by atoms with Crippen molar-refractivity contribution >= 4 is 17.8 Å². The van der Waals surface area contributed by atoms with Crippen LogP contribution >= 0.6 is 11.3 Å². The van der Waals surface area contributed by atoms with Gasteiger partial charge in [0.2, 0.25) is 0 Å². The van der Waals surface area contributed by atoms with Crippen LogP contribution in [0.4, 0.5) is 0 Å². The Morgan fingerprint density at radius 3 is 2.58 bits per heavy atom. The second-order valence-electron chi connectivity index (χ2n) is 5.32. The predicted molar refractivity (Wildman–Crippen MR) is 77.2 cm³/mol. The summed E-state index contributed by atoms with van der Waals surface area (Å²) in [4.78, 5) is 17.5. The summed E-state index contributed by atoms with van der Waals surface area (Å²) in [5.41, 5.74) is 1.58. The molecule has 1 N–H and O–H groups in total. The third-order valence-electron chi connectivity index (χ3n) is 2.47. The van der Waals surface area contributed by atoms with Gasteiger partial charge in [-0.25, -0.2) is 0 Å². The minimum atomic E-state index is -0.318. The maximum atomic E-state index is 9.60. The van der Waals surface area contributed by atoms with Crippen molar-refractivity contribution in [3.63, 3.8) is 0 Å². The predicted octanol–water partition coefficient (Wildman–Crippen LogP) is 1.51. The summed E-state index contributed by atoms with van der Waals surface area (Å²) in [5.74, 6) is 0. The Bertz CT molecular complexity index is 343. The molecular formula is C13H23N3O2S. The number of rotatable bonds is 3. The zero-order valence-corrected chi connectivity index (χ0v) is 12.7. The fourth-order valence-electron chi connectivity index (χ4n) is 1.55. The Hall–Kier alpha value is -0.980. The van der Waals surface area contributed by atoms with E-state index in [1.807, 2.05) is 32.5 Å². The first-order valence-corrected chi connectivity index (χ1v) is 7.31. The molecule has 0 spiro atoms. The molecule has 1 aliphatic rings. The molecule has 0 aliphatic carbocycles. The number of piperazine rings is 1. The number of hydrogen-bond acceptors (Lipinski definition) is 6. The Balaban J connectivity index is 0.000000224. The highest BCUT2D eigenvalue weighted by Gasteiger charge is 2.09. The normalized spacial score (nSPS) is 16.4. The third kappa shape index (κ3) is 7.92. The third-order valence-corrected chi connectivity index (χ3v) is 3.24. The van der Waals surface area contributed by atoms with Gasteiger partial charge in [0.1, 0.15) is 5.60 Å². The van der Waals surface area contributed by atoms with Crippen LogP contribution in [0, 0.1) is 0 Å². The van der Waals surface area contributed by atoms with Gasteiger partial charge < -0.3 is 10.1 Å². The molecule has 0 aromatic carbocycles. The first kappa shape index (κ1) is 16.1. The van der Waals surface area contributed by atoms with Crippen molar-refractivity contribution in [3.8, 4) is 0 Å². The topological polar surface area (TPSA) is 54.5 Å².